The molecule has 0 aromatic heterocycles. The van der Waals surface area contributed by atoms with Gasteiger partial charge in [0.1, 0.15) is 28.6 Å². The molecule has 16 nitrogen and oxygen atoms in total. The number of aromatic carboxylic acids is 1. The molecule has 216 valence electrons. The molecule has 1 unspecified atom stereocenters. The maximum atomic E-state index is 11.9. The molecule has 0 aliphatic rings. The summed E-state index contributed by atoms with van der Waals surface area (Å²) in [6.07, 6.45) is 0. The van der Waals surface area contributed by atoms with Crippen molar-refractivity contribution in [3.05, 3.63) is 59.7 Å². The number of anilines is 2. The highest BCUT2D eigenvalue weighted by molar-refractivity contribution is 8.26. The summed E-state index contributed by atoms with van der Waals surface area (Å²) in [5.74, 6) is -2.25. The number of nitrogen functional groups attached to an aromatic ring is 2. The second-order valence-corrected chi connectivity index (χ2v) is 10.5. The number of nitrogens with zero attached hydrogens (tertiary/aromatic N) is 4. The van der Waals surface area contributed by atoms with Crippen molar-refractivity contribution in [2.75, 3.05) is 17.2 Å². The molecule has 0 bridgehead atoms. The van der Waals surface area contributed by atoms with Gasteiger partial charge in [-0.25, -0.2) is 15.3 Å². The van der Waals surface area contributed by atoms with Gasteiger partial charge in [0.15, 0.2) is 0 Å². The molecule has 0 heterocycles. The third-order valence-corrected chi connectivity index (χ3v) is 6.61. The normalized spacial score (nSPS) is 12.2. The van der Waals surface area contributed by atoms with E-state index in [1.807, 2.05) is 6.92 Å². The Hall–Kier alpha value is -3.92. The minimum atomic E-state index is -1.42. The number of esters is 1. The lowest BCUT2D eigenvalue weighted by Crippen LogP contribution is -2.17. The van der Waals surface area contributed by atoms with Crippen molar-refractivity contribution in [1.29, 1.82) is 0 Å². The van der Waals surface area contributed by atoms with E-state index in [1.165, 1.54) is 24.3 Å². The van der Waals surface area contributed by atoms with E-state index in [0.29, 0.717) is 22.6 Å². The zero-order chi connectivity index (χ0) is 29.9. The number of hydrogen-bond acceptors (Lipinski definition) is 17. The Morgan fingerprint density at radius 2 is 1.68 bits per heavy atom. The molecule has 3 rings (SSSR count). The lowest BCUT2D eigenvalue weighted by atomic mass is 10.1. The zero-order valence-electron chi connectivity index (χ0n) is 20.7. The van der Waals surface area contributed by atoms with E-state index in [2.05, 4.69) is 39.2 Å². The van der Waals surface area contributed by atoms with Crippen LogP contribution in [0.5, 0.6) is 5.75 Å². The van der Waals surface area contributed by atoms with Crippen LogP contribution in [0.3, 0.4) is 0 Å². The number of hydrogen-bond donors (Lipinski definition) is 5. The van der Waals surface area contributed by atoms with E-state index in [-0.39, 0.29) is 45.5 Å². The topological polar surface area (TPSA) is 242 Å². The largest absolute Gasteiger partial charge is 0.478 e. The van der Waals surface area contributed by atoms with Crippen LogP contribution < -0.4 is 16.2 Å². The molecule has 0 aliphatic carbocycles. The van der Waals surface area contributed by atoms with Crippen LogP contribution in [-0.2, 0) is 44.5 Å². The number of carbonyl (C=O) groups excluding carboxylic acids is 1. The highest BCUT2D eigenvalue weighted by Crippen LogP contribution is 2.42. The monoisotopic (exact) mass is 624 g/mol. The van der Waals surface area contributed by atoms with E-state index in [9.17, 15) is 14.7 Å². The SMILES string of the molecule is Cc1ccc(N=Nc2c(C(=O)O)cc(N)c(N=Nc3ccc(OC(=O)CS(=S)OOO)cc3)c2N)c(SOOO)c1. The molecule has 0 aliphatic heterocycles. The number of ether oxygens (including phenoxy) is 1. The van der Waals surface area contributed by atoms with Gasteiger partial charge in [-0.15, -0.1) is 24.0 Å². The first-order valence-electron chi connectivity index (χ1n) is 10.8. The van der Waals surface area contributed by atoms with Gasteiger partial charge >= 0.3 is 11.9 Å². The van der Waals surface area contributed by atoms with E-state index < -0.39 is 21.7 Å². The molecule has 0 spiro atoms. The van der Waals surface area contributed by atoms with E-state index >= 15 is 0 Å². The van der Waals surface area contributed by atoms with Gasteiger partial charge in [-0.2, -0.15) is 5.11 Å². The Labute approximate surface area is 242 Å². The van der Waals surface area contributed by atoms with Crippen molar-refractivity contribution in [2.24, 2.45) is 20.5 Å². The highest BCUT2D eigenvalue weighted by atomic mass is 32.8. The molecule has 0 saturated carbocycles. The molecule has 3 aromatic rings. The van der Waals surface area contributed by atoms with Crippen molar-refractivity contribution in [2.45, 2.75) is 11.8 Å². The molecule has 0 radical (unpaired) electrons. The van der Waals surface area contributed by atoms with Gasteiger partial charge < -0.3 is 21.3 Å². The van der Waals surface area contributed by atoms with E-state index in [4.69, 9.17) is 37.9 Å². The fourth-order valence-corrected chi connectivity index (χ4v) is 4.28. The number of rotatable bonds is 13. The fraction of sp³-hybridized carbons (Fsp3) is 0.0909. The summed E-state index contributed by atoms with van der Waals surface area (Å²) in [6.45, 7) is 1.81. The zero-order valence-corrected chi connectivity index (χ0v) is 23.1. The minimum absolute atomic E-state index is 0.0569. The summed E-state index contributed by atoms with van der Waals surface area (Å²) >= 11 is 5.41. The average molecular weight is 625 g/mol. The smallest absolute Gasteiger partial charge is 0.338 e. The number of carboxylic acid groups (broad SMARTS) is 1. The predicted octanol–water partition coefficient (Wildman–Crippen LogP) is 5.44. The Balaban J connectivity index is 1.87. The Morgan fingerprint density at radius 3 is 2.34 bits per heavy atom. The van der Waals surface area contributed by atoms with Crippen LogP contribution in [0.25, 0.3) is 0 Å². The standard InChI is InChI=1S/C22H20N6O10S3/c1-11-2-7-16(17(8-11)40-37-35-32)26-27-20-14(22(30)31)9-15(23)21(19(20)24)28-25-12-3-5-13(6-4-12)34-18(29)10-41(39)38-36-33/h2-9,32-33H,10,23-24H2,1H3,(H,30,31). The molecule has 3 aromatic carbocycles. The van der Waals surface area contributed by atoms with Crippen molar-refractivity contribution in [3.63, 3.8) is 0 Å². The third kappa shape index (κ3) is 9.04. The van der Waals surface area contributed by atoms with Crippen LogP contribution >= 0.6 is 12.0 Å². The highest BCUT2D eigenvalue weighted by Gasteiger charge is 2.20. The first-order valence-corrected chi connectivity index (χ1v) is 13.8. The number of azo groups is 2. The molecule has 1 atom stereocenters. The van der Waals surface area contributed by atoms with Crippen LogP contribution in [0, 0.1) is 6.92 Å². The summed E-state index contributed by atoms with van der Waals surface area (Å²) in [7, 11) is -1.42. The first kappa shape index (κ1) is 31.6. The van der Waals surface area contributed by atoms with Gasteiger partial charge in [-0.05, 0) is 66.1 Å². The molecule has 0 amide bonds. The number of benzene rings is 3. The number of carbonyl (C=O) groups is 2. The van der Waals surface area contributed by atoms with Crippen LogP contribution in [0.4, 0.5) is 34.1 Å². The lowest BCUT2D eigenvalue weighted by Gasteiger charge is -2.10. The first-order chi connectivity index (χ1) is 19.6. The van der Waals surface area contributed by atoms with Gasteiger partial charge in [-0.1, -0.05) is 16.1 Å². The summed E-state index contributed by atoms with van der Waals surface area (Å²) in [6, 6.07) is 11.9. The van der Waals surface area contributed by atoms with Crippen LogP contribution in [-0.4, -0.2) is 33.3 Å². The minimum Gasteiger partial charge on any atom is -0.478 e. The van der Waals surface area contributed by atoms with Crippen LogP contribution in [0.15, 0.2) is 73.9 Å². The van der Waals surface area contributed by atoms with Crippen LogP contribution in [0.2, 0.25) is 0 Å². The molecular formula is C22H20N6O10S3. The van der Waals surface area contributed by atoms with Crippen LogP contribution in [0.1, 0.15) is 15.9 Å². The maximum absolute atomic E-state index is 11.9. The molecular weight excluding hydrogens is 604 g/mol. The van der Waals surface area contributed by atoms with Crippen molar-refractivity contribution in [3.8, 4) is 5.75 Å². The van der Waals surface area contributed by atoms with Crippen molar-refractivity contribution in [1.82, 2.24) is 0 Å². The quantitative estimate of drug-likeness (QED) is 0.0302. The summed E-state index contributed by atoms with van der Waals surface area (Å²) < 4.78 is 13.8. The van der Waals surface area contributed by atoms with Gasteiger partial charge in [0.25, 0.3) is 0 Å². The summed E-state index contributed by atoms with van der Waals surface area (Å²) in [4.78, 5) is 24.1. The van der Waals surface area contributed by atoms with Gasteiger partial charge in [-0.3, -0.25) is 4.79 Å². The second-order valence-electron chi connectivity index (χ2n) is 7.59. The predicted molar refractivity (Wildman–Crippen MR) is 149 cm³/mol. The molecule has 41 heavy (non-hydrogen) atoms. The van der Waals surface area contributed by atoms with E-state index in [1.54, 1.807) is 18.2 Å². The third-order valence-electron chi connectivity index (χ3n) is 4.77. The van der Waals surface area contributed by atoms with Crippen molar-refractivity contribution < 1.29 is 48.7 Å². The number of carboxylic acids is 1. The molecule has 0 saturated heterocycles. The van der Waals surface area contributed by atoms with E-state index in [0.717, 1.165) is 11.6 Å². The molecule has 19 heteroatoms. The number of aryl methyl sites for hydroxylation is 1. The lowest BCUT2D eigenvalue weighted by molar-refractivity contribution is -0.433. The summed E-state index contributed by atoms with van der Waals surface area (Å²) in [5.41, 5.74) is 12.7. The van der Waals surface area contributed by atoms with Crippen molar-refractivity contribution >= 4 is 79.0 Å². The fourth-order valence-electron chi connectivity index (χ4n) is 3.02. The van der Waals surface area contributed by atoms with Gasteiger partial charge in [0, 0.05) is 0 Å². The van der Waals surface area contributed by atoms with Gasteiger partial charge in [0.05, 0.1) is 49.3 Å². The average Bonchev–Trinajstić information content (AvgIpc) is 2.92. The Morgan fingerprint density at radius 1 is 0.976 bits per heavy atom. The summed E-state index contributed by atoms with van der Waals surface area (Å²) in [5, 5.41) is 49.6. The van der Waals surface area contributed by atoms with Gasteiger partial charge in [0.2, 0.25) is 0 Å². The Bertz CT molecular complexity index is 1500. The molecule has 7 N–H and O–H groups in total. The molecule has 0 fully saturated rings. The maximum Gasteiger partial charge on any atom is 0.338 e. The second kappa shape index (κ2) is 15.2. The number of nitrogens with two attached hydrogens (primary N) is 2. The Kier molecular flexibility index (Phi) is 11.7.